The number of hydrogen-bond donors (Lipinski definition) is 0. The number of hydrogen-bond acceptors (Lipinski definition) is 7. The zero-order chi connectivity index (χ0) is 16.5. The fraction of sp³-hybridized carbons (Fsp3) is 0.267. The highest BCUT2D eigenvalue weighted by Crippen LogP contribution is 2.18. The molecule has 2 heterocycles. The van der Waals surface area contributed by atoms with Crippen molar-refractivity contribution >= 4 is 24.1 Å². The summed E-state index contributed by atoms with van der Waals surface area (Å²) in [6, 6.07) is 7.33. The highest BCUT2D eigenvalue weighted by atomic mass is 32.2. The number of esters is 1. The summed E-state index contributed by atoms with van der Waals surface area (Å²) in [6.45, 7) is 0.537. The van der Waals surface area contributed by atoms with E-state index in [0.717, 1.165) is 5.69 Å². The van der Waals surface area contributed by atoms with Crippen LogP contribution in [0.25, 0.3) is 11.4 Å². The molecule has 0 radical (unpaired) electrons. The zero-order valence-electron chi connectivity index (χ0n) is 12.6. The number of nitrogens with zero attached hydrogens (tertiary/aromatic N) is 4. The molecule has 7 nitrogen and oxygen atoms in total. The monoisotopic (exact) mass is 332 g/mol. The molecule has 0 saturated heterocycles. The van der Waals surface area contributed by atoms with Crippen LogP contribution in [0.15, 0.2) is 41.8 Å². The predicted octanol–water partition coefficient (Wildman–Crippen LogP) is 1.26. The Hall–Kier alpha value is -2.48. The van der Waals surface area contributed by atoms with Gasteiger partial charge in [0.05, 0.1) is 23.7 Å². The van der Waals surface area contributed by atoms with E-state index in [1.165, 1.54) is 16.7 Å². The smallest absolute Gasteiger partial charge is 0.316 e. The minimum absolute atomic E-state index is 0.108. The van der Waals surface area contributed by atoms with Gasteiger partial charge in [-0.15, -0.1) is 0 Å². The largest absolute Gasteiger partial charge is 0.463 e. The van der Waals surface area contributed by atoms with E-state index in [1.54, 1.807) is 25.5 Å². The van der Waals surface area contributed by atoms with E-state index in [1.807, 2.05) is 18.2 Å². The van der Waals surface area contributed by atoms with Crippen molar-refractivity contribution in [1.82, 2.24) is 19.9 Å². The van der Waals surface area contributed by atoms with Gasteiger partial charge in [0.1, 0.15) is 6.61 Å². The lowest BCUT2D eigenvalue weighted by Crippen LogP contribution is -2.23. The van der Waals surface area contributed by atoms with Gasteiger partial charge in [-0.3, -0.25) is 14.6 Å². The average Bonchev–Trinajstić information content (AvgIpc) is 2.61. The quantitative estimate of drug-likeness (QED) is 0.311. The van der Waals surface area contributed by atoms with E-state index in [4.69, 9.17) is 4.74 Å². The molecule has 120 valence electrons. The molecule has 0 bridgehead atoms. The number of likely N-dealkylation sites (N-methyl/N-ethyl adjacent to an activating group) is 1. The number of aromatic nitrogens is 3. The molecule has 0 saturated carbocycles. The van der Waals surface area contributed by atoms with E-state index in [0.29, 0.717) is 23.8 Å². The van der Waals surface area contributed by atoms with Crippen LogP contribution < -0.4 is 0 Å². The first-order valence-corrected chi connectivity index (χ1v) is 7.86. The molecule has 2 aromatic rings. The third kappa shape index (κ3) is 5.67. The molecule has 0 aliphatic heterocycles. The lowest BCUT2D eigenvalue weighted by atomic mass is 10.3. The summed E-state index contributed by atoms with van der Waals surface area (Å²) >= 11 is 1.19. The van der Waals surface area contributed by atoms with E-state index < -0.39 is 0 Å². The van der Waals surface area contributed by atoms with Gasteiger partial charge in [0.2, 0.25) is 6.41 Å². The molecular weight excluding hydrogens is 316 g/mol. The lowest BCUT2D eigenvalue weighted by molar-refractivity contribution is -0.141. The van der Waals surface area contributed by atoms with Crippen molar-refractivity contribution < 1.29 is 14.3 Å². The molecule has 0 N–H and O–H groups in total. The highest BCUT2D eigenvalue weighted by molar-refractivity contribution is 7.99. The summed E-state index contributed by atoms with van der Waals surface area (Å²) in [5.74, 6) is -0.266. The first kappa shape index (κ1) is 16.9. The van der Waals surface area contributed by atoms with Gasteiger partial charge in [0.15, 0.2) is 5.16 Å². The molecule has 0 aliphatic carbocycles. The van der Waals surface area contributed by atoms with Crippen LogP contribution >= 0.6 is 11.8 Å². The Balaban J connectivity index is 1.84. The fourth-order valence-corrected chi connectivity index (χ4v) is 2.22. The van der Waals surface area contributed by atoms with Gasteiger partial charge in [0.25, 0.3) is 0 Å². The number of thioether (sulfide) groups is 1. The SMILES string of the molecule is CN(C=O)CCOC(=O)CSc1nccc(-c2ccccn2)n1. The normalized spacial score (nSPS) is 10.1. The molecule has 2 rings (SSSR count). The maximum atomic E-state index is 11.6. The van der Waals surface area contributed by atoms with Crippen LogP contribution in [-0.2, 0) is 14.3 Å². The van der Waals surface area contributed by atoms with Gasteiger partial charge in [-0.25, -0.2) is 9.97 Å². The Labute approximate surface area is 138 Å². The van der Waals surface area contributed by atoms with Crippen LogP contribution in [-0.4, -0.2) is 58.2 Å². The molecule has 0 atom stereocenters. The predicted molar refractivity (Wildman–Crippen MR) is 85.6 cm³/mol. The number of carbonyl (C=O) groups is 2. The van der Waals surface area contributed by atoms with Crippen LogP contribution in [0.3, 0.4) is 0 Å². The Bertz CT molecular complexity index is 654. The summed E-state index contributed by atoms with van der Waals surface area (Å²) < 4.78 is 5.02. The summed E-state index contributed by atoms with van der Waals surface area (Å²) in [5.41, 5.74) is 1.44. The van der Waals surface area contributed by atoms with Gasteiger partial charge in [0, 0.05) is 19.4 Å². The van der Waals surface area contributed by atoms with E-state index >= 15 is 0 Å². The molecule has 2 aromatic heterocycles. The summed E-state index contributed by atoms with van der Waals surface area (Å²) in [7, 11) is 1.62. The van der Waals surface area contributed by atoms with Crippen LogP contribution in [0.2, 0.25) is 0 Å². The first-order chi connectivity index (χ1) is 11.2. The molecule has 1 amide bonds. The number of amides is 1. The first-order valence-electron chi connectivity index (χ1n) is 6.87. The lowest BCUT2D eigenvalue weighted by Gasteiger charge is -2.10. The zero-order valence-corrected chi connectivity index (χ0v) is 13.4. The standard InChI is InChI=1S/C15H16N4O3S/c1-19(11-20)8-9-22-14(21)10-23-15-17-7-5-13(18-15)12-4-2-3-6-16-12/h2-7,11H,8-10H2,1H3. The maximum absolute atomic E-state index is 11.6. The van der Waals surface area contributed by atoms with Crippen molar-refractivity contribution in [3.8, 4) is 11.4 Å². The molecular formula is C15H16N4O3S. The molecule has 23 heavy (non-hydrogen) atoms. The van der Waals surface area contributed by atoms with Gasteiger partial charge in [-0.1, -0.05) is 17.8 Å². The minimum atomic E-state index is -0.374. The van der Waals surface area contributed by atoms with E-state index in [2.05, 4.69) is 15.0 Å². The molecule has 0 unspecified atom stereocenters. The van der Waals surface area contributed by atoms with E-state index in [-0.39, 0.29) is 18.3 Å². The third-order valence-corrected chi connectivity index (χ3v) is 3.60. The minimum Gasteiger partial charge on any atom is -0.463 e. The maximum Gasteiger partial charge on any atom is 0.316 e. The third-order valence-electron chi connectivity index (χ3n) is 2.77. The number of carbonyl (C=O) groups excluding carboxylic acids is 2. The number of ether oxygens (including phenoxy) is 1. The van der Waals surface area contributed by atoms with Crippen molar-refractivity contribution in [3.63, 3.8) is 0 Å². The van der Waals surface area contributed by atoms with Crippen molar-refractivity contribution in [2.45, 2.75) is 5.16 Å². The summed E-state index contributed by atoms with van der Waals surface area (Å²) in [4.78, 5) is 36.1. The van der Waals surface area contributed by atoms with Gasteiger partial charge < -0.3 is 9.64 Å². The highest BCUT2D eigenvalue weighted by Gasteiger charge is 2.08. The van der Waals surface area contributed by atoms with Crippen molar-refractivity contribution in [1.29, 1.82) is 0 Å². The Kier molecular flexibility index (Phi) is 6.49. The van der Waals surface area contributed by atoms with E-state index in [9.17, 15) is 9.59 Å². The molecule has 0 spiro atoms. The van der Waals surface area contributed by atoms with Crippen LogP contribution in [0.5, 0.6) is 0 Å². The Morgan fingerprint density at radius 3 is 2.87 bits per heavy atom. The fourth-order valence-electron chi connectivity index (χ4n) is 1.59. The van der Waals surface area contributed by atoms with Crippen molar-refractivity contribution in [2.75, 3.05) is 26.0 Å². The van der Waals surface area contributed by atoms with Crippen LogP contribution in [0.1, 0.15) is 0 Å². The number of pyridine rings is 1. The van der Waals surface area contributed by atoms with Crippen molar-refractivity contribution in [3.05, 3.63) is 36.7 Å². The van der Waals surface area contributed by atoms with Crippen molar-refractivity contribution in [2.24, 2.45) is 0 Å². The van der Waals surface area contributed by atoms with Gasteiger partial charge in [-0.2, -0.15) is 0 Å². The van der Waals surface area contributed by atoms with Crippen LogP contribution in [0.4, 0.5) is 0 Å². The van der Waals surface area contributed by atoms with Gasteiger partial charge >= 0.3 is 5.97 Å². The Morgan fingerprint density at radius 2 is 2.13 bits per heavy atom. The molecule has 0 aromatic carbocycles. The second-order valence-corrected chi connectivity index (χ2v) is 5.48. The summed E-state index contributed by atoms with van der Waals surface area (Å²) in [6.07, 6.45) is 4.00. The van der Waals surface area contributed by atoms with Gasteiger partial charge in [-0.05, 0) is 18.2 Å². The molecule has 0 aliphatic rings. The number of rotatable bonds is 8. The molecule has 0 fully saturated rings. The molecule has 8 heteroatoms. The van der Waals surface area contributed by atoms with Crippen LogP contribution in [0, 0.1) is 0 Å². The average molecular weight is 332 g/mol. The second kappa shape index (κ2) is 8.84. The topological polar surface area (TPSA) is 85.3 Å². The second-order valence-electron chi connectivity index (χ2n) is 4.53. The Morgan fingerprint density at radius 1 is 1.26 bits per heavy atom. The summed E-state index contributed by atoms with van der Waals surface area (Å²) in [5, 5.41) is 0.482.